The Hall–Kier alpha value is -2.93. The Balaban J connectivity index is 4.92. The summed E-state index contributed by atoms with van der Waals surface area (Å²) in [6.07, 6.45) is 57.3. The topological polar surface area (TPSA) is 112 Å². The highest BCUT2D eigenvalue weighted by Gasteiger charge is 2.52. The van der Waals surface area contributed by atoms with Crippen LogP contribution in [0.5, 0.6) is 0 Å². The maximum Gasteiger partial charge on any atom is 0.210 e. The van der Waals surface area contributed by atoms with E-state index in [9.17, 15) is 29.7 Å². The zero-order valence-corrected chi connectivity index (χ0v) is 40.8. The second-order valence-corrected chi connectivity index (χ2v) is 17.5. The van der Waals surface area contributed by atoms with Crippen LogP contribution in [-0.4, -0.2) is 50.5 Å². The van der Waals surface area contributed by atoms with Crippen molar-refractivity contribution in [3.8, 4) is 0 Å². The zero-order chi connectivity index (χ0) is 46.3. The molecule has 0 saturated carbocycles. The fraction of sp³-hybridized carbons (Fsp3) is 0.702. The molecule has 0 rings (SSSR count). The highest BCUT2D eigenvalue weighted by Crippen LogP contribution is 2.25. The minimum absolute atomic E-state index is 0.0225. The number of aliphatic hydroxyl groups is 3. The Bertz CT molecular complexity index is 1300. The number of hydrogen-bond donors (Lipinski definition) is 3. The fourth-order valence-corrected chi connectivity index (χ4v) is 7.53. The molecule has 0 aliphatic carbocycles. The molecule has 3 N–H and O–H groups in total. The lowest BCUT2D eigenvalue weighted by atomic mass is 9.79. The van der Waals surface area contributed by atoms with Gasteiger partial charge in [-0.25, -0.2) is 0 Å². The monoisotopic (exact) mass is 877 g/mol. The Morgan fingerprint density at radius 1 is 0.381 bits per heavy atom. The van der Waals surface area contributed by atoms with Crippen molar-refractivity contribution in [2.45, 2.75) is 257 Å². The highest BCUT2D eigenvalue weighted by molar-refractivity contribution is 6.11. The molecule has 0 aromatic heterocycles. The van der Waals surface area contributed by atoms with Gasteiger partial charge in [-0.1, -0.05) is 189 Å². The molecule has 63 heavy (non-hydrogen) atoms. The number of aliphatic hydroxyl groups excluding tert-OH is 2. The summed E-state index contributed by atoms with van der Waals surface area (Å²) in [6, 6.07) is 0. The third-order valence-corrected chi connectivity index (χ3v) is 11.7. The lowest BCUT2D eigenvalue weighted by molar-refractivity contribution is -0.174. The largest absolute Gasteiger partial charge is 0.386 e. The van der Waals surface area contributed by atoms with E-state index in [-0.39, 0.29) is 19.3 Å². The van der Waals surface area contributed by atoms with Crippen LogP contribution in [0, 0.1) is 0 Å². The van der Waals surface area contributed by atoms with Crippen molar-refractivity contribution in [2.75, 3.05) is 0 Å². The van der Waals surface area contributed by atoms with E-state index in [0.717, 1.165) is 141 Å². The van der Waals surface area contributed by atoms with E-state index in [2.05, 4.69) is 106 Å². The summed E-state index contributed by atoms with van der Waals surface area (Å²) in [6.45, 7) is 6.57. The number of rotatable bonds is 46. The van der Waals surface area contributed by atoms with Crippen molar-refractivity contribution in [3.05, 3.63) is 85.1 Å². The molecular formula is C57H96O6. The van der Waals surface area contributed by atoms with Crippen molar-refractivity contribution >= 4 is 17.3 Å². The van der Waals surface area contributed by atoms with Crippen molar-refractivity contribution in [2.24, 2.45) is 0 Å². The van der Waals surface area contributed by atoms with Gasteiger partial charge in [0, 0.05) is 19.3 Å². The molecule has 0 spiro atoms. The smallest absolute Gasteiger partial charge is 0.210 e. The van der Waals surface area contributed by atoms with Crippen LogP contribution in [-0.2, 0) is 14.4 Å². The molecule has 6 nitrogen and oxygen atoms in total. The van der Waals surface area contributed by atoms with Crippen LogP contribution in [0.4, 0.5) is 0 Å². The number of allylic oxidation sites excluding steroid dienone is 14. The first-order valence-electron chi connectivity index (χ1n) is 26.0. The SMILES string of the molecule is CC/C=C\C/C=C\C/C=C\CCCCCCCC(=O)C(O)(C(=O)CCCCCCC/C=C\C/C=C\CCCCC)C(O)C(O)C(=O)CCCCCCC/C=C\C/C=C\CCCCC. The van der Waals surface area contributed by atoms with E-state index in [1.807, 2.05) is 0 Å². The summed E-state index contributed by atoms with van der Waals surface area (Å²) in [4.78, 5) is 40.2. The van der Waals surface area contributed by atoms with Crippen LogP contribution < -0.4 is 0 Å². The second kappa shape index (κ2) is 45.6. The van der Waals surface area contributed by atoms with E-state index in [4.69, 9.17) is 0 Å². The molecule has 3 unspecified atom stereocenters. The third kappa shape index (κ3) is 35.1. The van der Waals surface area contributed by atoms with Gasteiger partial charge in [0.2, 0.25) is 5.60 Å². The Kier molecular flexibility index (Phi) is 43.5. The van der Waals surface area contributed by atoms with Gasteiger partial charge in [-0.2, -0.15) is 0 Å². The Morgan fingerprint density at radius 2 is 0.667 bits per heavy atom. The molecule has 0 bridgehead atoms. The lowest BCUT2D eigenvalue weighted by Gasteiger charge is -2.32. The molecule has 0 aliphatic rings. The normalized spacial score (nSPS) is 14.5. The van der Waals surface area contributed by atoms with E-state index in [1.165, 1.54) is 38.5 Å². The third-order valence-electron chi connectivity index (χ3n) is 11.7. The highest BCUT2D eigenvalue weighted by atomic mass is 16.4. The molecule has 0 amide bonds. The summed E-state index contributed by atoms with van der Waals surface area (Å²) in [5.41, 5.74) is -2.80. The van der Waals surface area contributed by atoms with Crippen LogP contribution >= 0.6 is 0 Å². The molecule has 0 fully saturated rings. The van der Waals surface area contributed by atoms with E-state index in [1.54, 1.807) is 0 Å². The standard InChI is InChI=1S/C57H96O6/c1-4-7-10-13-16-19-22-25-28-31-34-37-40-43-46-49-52(58)55(61)56(62)57(63,53(59)50-47-44-41-38-35-32-29-26-23-20-17-14-11-8-5-2)54(60)51-48-45-42-39-36-33-30-27-24-21-18-15-12-9-6-3/h8,11,16-21,25-30,55-56,61-63H,4-7,9-10,12-15,22-24,31-51H2,1-3H3/b11-8-,19-16-,20-17-,21-18-,28-25-,29-26-,30-27-. The lowest BCUT2D eigenvalue weighted by Crippen LogP contribution is -2.61. The van der Waals surface area contributed by atoms with Crippen molar-refractivity contribution in [3.63, 3.8) is 0 Å². The molecule has 0 aromatic carbocycles. The number of hydrogen-bond acceptors (Lipinski definition) is 6. The van der Waals surface area contributed by atoms with Gasteiger partial charge in [0.1, 0.15) is 12.2 Å². The van der Waals surface area contributed by atoms with E-state index in [0.29, 0.717) is 19.3 Å². The van der Waals surface area contributed by atoms with Gasteiger partial charge in [0.05, 0.1) is 0 Å². The van der Waals surface area contributed by atoms with Crippen LogP contribution in [0.3, 0.4) is 0 Å². The maximum atomic E-state index is 13.6. The molecule has 3 atom stereocenters. The average Bonchev–Trinajstić information content (AvgIpc) is 3.29. The van der Waals surface area contributed by atoms with Crippen LogP contribution in [0.25, 0.3) is 0 Å². The quantitative estimate of drug-likeness (QED) is 0.0319. The summed E-state index contributed by atoms with van der Waals surface area (Å²) < 4.78 is 0. The van der Waals surface area contributed by atoms with Crippen LogP contribution in [0.2, 0.25) is 0 Å². The van der Waals surface area contributed by atoms with E-state index < -0.39 is 35.2 Å². The number of ketones is 3. The van der Waals surface area contributed by atoms with Crippen LogP contribution in [0.15, 0.2) is 85.1 Å². The molecule has 360 valence electrons. The van der Waals surface area contributed by atoms with Gasteiger partial charge in [0.15, 0.2) is 17.3 Å². The van der Waals surface area contributed by atoms with Gasteiger partial charge >= 0.3 is 0 Å². The molecule has 0 heterocycles. The molecule has 0 radical (unpaired) electrons. The predicted octanol–water partition coefficient (Wildman–Crippen LogP) is 15.4. The maximum absolute atomic E-state index is 13.6. The van der Waals surface area contributed by atoms with Gasteiger partial charge in [-0.15, -0.1) is 0 Å². The van der Waals surface area contributed by atoms with Gasteiger partial charge in [-0.3, -0.25) is 14.4 Å². The van der Waals surface area contributed by atoms with Gasteiger partial charge < -0.3 is 15.3 Å². The first-order valence-corrected chi connectivity index (χ1v) is 26.0. The molecular weight excluding hydrogens is 781 g/mol. The van der Waals surface area contributed by atoms with Gasteiger partial charge in [-0.05, 0) is 116 Å². The zero-order valence-electron chi connectivity index (χ0n) is 40.8. The first kappa shape index (κ1) is 60.1. The van der Waals surface area contributed by atoms with E-state index >= 15 is 0 Å². The Morgan fingerprint density at radius 3 is 1.02 bits per heavy atom. The minimum Gasteiger partial charge on any atom is -0.386 e. The van der Waals surface area contributed by atoms with Gasteiger partial charge in [0.25, 0.3) is 0 Å². The summed E-state index contributed by atoms with van der Waals surface area (Å²) in [5.74, 6) is -2.24. The number of unbranched alkanes of at least 4 members (excludes halogenated alkanes) is 21. The van der Waals surface area contributed by atoms with Crippen molar-refractivity contribution in [1.82, 2.24) is 0 Å². The molecule has 6 heteroatoms. The first-order chi connectivity index (χ1) is 30.8. The van der Waals surface area contributed by atoms with Crippen molar-refractivity contribution in [1.29, 1.82) is 0 Å². The van der Waals surface area contributed by atoms with Crippen molar-refractivity contribution < 1.29 is 29.7 Å². The molecule has 0 aromatic rings. The summed E-state index contributed by atoms with van der Waals surface area (Å²) in [7, 11) is 0. The predicted molar refractivity (Wildman–Crippen MR) is 270 cm³/mol. The number of carbonyl (C=O) groups is 3. The fourth-order valence-electron chi connectivity index (χ4n) is 7.53. The second-order valence-electron chi connectivity index (χ2n) is 17.5. The Labute approximate surface area is 387 Å². The average molecular weight is 877 g/mol. The summed E-state index contributed by atoms with van der Waals surface area (Å²) >= 11 is 0. The molecule has 0 aliphatic heterocycles. The number of carbonyl (C=O) groups excluding carboxylic acids is 3. The number of Topliss-reactive ketones (excluding diaryl/α,β-unsaturated/α-hetero) is 3. The van der Waals surface area contributed by atoms with Crippen LogP contribution in [0.1, 0.15) is 239 Å². The summed E-state index contributed by atoms with van der Waals surface area (Å²) in [5, 5.41) is 33.8. The molecule has 0 saturated heterocycles. The minimum atomic E-state index is -2.80.